The Hall–Kier alpha value is -0.570. The zero-order valence-corrected chi connectivity index (χ0v) is 10.9. The van der Waals surface area contributed by atoms with E-state index in [2.05, 4.69) is 17.1 Å². The molecule has 0 aromatic rings. The van der Waals surface area contributed by atoms with Gasteiger partial charge in [-0.05, 0) is 38.1 Å². The highest BCUT2D eigenvalue weighted by Gasteiger charge is 2.46. The Bertz CT molecular complexity index is 297. The summed E-state index contributed by atoms with van der Waals surface area (Å²) in [7, 11) is 0. The van der Waals surface area contributed by atoms with Crippen LogP contribution in [0.4, 0.5) is 0 Å². The molecule has 1 amide bonds. The molecule has 3 fully saturated rings. The van der Waals surface area contributed by atoms with E-state index in [1.165, 1.54) is 19.3 Å². The minimum atomic E-state index is 0.0125. The van der Waals surface area contributed by atoms with Crippen LogP contribution in [-0.4, -0.2) is 36.5 Å². The van der Waals surface area contributed by atoms with Gasteiger partial charge in [0.25, 0.3) is 0 Å². The smallest absolute Gasteiger partial charge is 0.228 e. The van der Waals surface area contributed by atoms with Crippen molar-refractivity contribution in [2.24, 2.45) is 11.3 Å². The number of likely N-dealkylation sites (tertiary alicyclic amines) is 1. The monoisotopic (exact) mass is 236 g/mol. The number of amides is 1. The summed E-state index contributed by atoms with van der Waals surface area (Å²) in [5, 5.41) is 3.53. The highest BCUT2D eigenvalue weighted by molar-refractivity contribution is 5.83. The van der Waals surface area contributed by atoms with Crippen molar-refractivity contribution in [2.45, 2.75) is 51.5 Å². The molecule has 3 heteroatoms. The number of hydrogen-bond acceptors (Lipinski definition) is 2. The van der Waals surface area contributed by atoms with E-state index >= 15 is 0 Å². The second-order valence-electron chi connectivity index (χ2n) is 6.16. The summed E-state index contributed by atoms with van der Waals surface area (Å²) < 4.78 is 0. The molecule has 1 saturated carbocycles. The SMILES string of the molecule is CCC1(C(=O)N2C[C@@H]3CCN[C@@H]3C2)CCCC1. The molecule has 0 aromatic carbocycles. The Morgan fingerprint density at radius 2 is 2.12 bits per heavy atom. The molecular weight excluding hydrogens is 212 g/mol. The quantitative estimate of drug-likeness (QED) is 0.792. The van der Waals surface area contributed by atoms with Crippen LogP contribution in [0.3, 0.4) is 0 Å². The normalized spacial score (nSPS) is 35.2. The molecular formula is C14H24N2O. The Balaban J connectivity index is 1.70. The molecule has 3 nitrogen and oxygen atoms in total. The van der Waals surface area contributed by atoms with Crippen LogP contribution in [0.2, 0.25) is 0 Å². The number of rotatable bonds is 2. The summed E-state index contributed by atoms with van der Waals surface area (Å²) in [5.74, 6) is 1.20. The van der Waals surface area contributed by atoms with Crippen molar-refractivity contribution in [1.29, 1.82) is 0 Å². The first-order valence-electron chi connectivity index (χ1n) is 7.28. The number of nitrogens with one attached hydrogen (secondary N) is 1. The second kappa shape index (κ2) is 4.27. The lowest BCUT2D eigenvalue weighted by Crippen LogP contribution is -2.43. The van der Waals surface area contributed by atoms with Gasteiger partial charge in [-0.1, -0.05) is 19.8 Å². The molecule has 1 aliphatic carbocycles. The molecule has 0 unspecified atom stereocenters. The summed E-state index contributed by atoms with van der Waals surface area (Å²) in [6.45, 7) is 5.32. The van der Waals surface area contributed by atoms with E-state index < -0.39 is 0 Å². The average Bonchev–Trinajstić information content (AvgIpc) is 3.03. The number of fused-ring (bicyclic) bond motifs is 1. The van der Waals surface area contributed by atoms with Gasteiger partial charge in [0.2, 0.25) is 5.91 Å². The van der Waals surface area contributed by atoms with E-state index in [4.69, 9.17) is 0 Å². The van der Waals surface area contributed by atoms with E-state index in [1.807, 2.05) is 0 Å². The Labute approximate surface area is 104 Å². The highest BCUT2D eigenvalue weighted by Crippen LogP contribution is 2.43. The molecule has 3 aliphatic rings. The first kappa shape index (κ1) is 11.5. The summed E-state index contributed by atoms with van der Waals surface area (Å²) in [5.41, 5.74) is 0.0125. The van der Waals surface area contributed by atoms with Crippen LogP contribution in [0.1, 0.15) is 45.4 Å². The maximum atomic E-state index is 12.7. The Kier molecular flexibility index (Phi) is 2.89. The fraction of sp³-hybridized carbons (Fsp3) is 0.929. The molecule has 0 spiro atoms. The molecule has 2 heterocycles. The first-order valence-corrected chi connectivity index (χ1v) is 7.28. The van der Waals surface area contributed by atoms with Crippen molar-refractivity contribution in [3.8, 4) is 0 Å². The lowest BCUT2D eigenvalue weighted by Gasteiger charge is -2.31. The number of carbonyl (C=O) groups is 1. The molecule has 1 N–H and O–H groups in total. The van der Waals surface area contributed by atoms with Crippen LogP contribution in [0.25, 0.3) is 0 Å². The summed E-state index contributed by atoms with van der Waals surface area (Å²) in [6.07, 6.45) is 7.04. The topological polar surface area (TPSA) is 32.3 Å². The third-order valence-corrected chi connectivity index (χ3v) is 5.34. The number of hydrogen-bond donors (Lipinski definition) is 1. The highest BCUT2D eigenvalue weighted by atomic mass is 16.2. The third kappa shape index (κ3) is 1.79. The molecule has 3 rings (SSSR count). The maximum absolute atomic E-state index is 12.7. The van der Waals surface area contributed by atoms with Crippen molar-refractivity contribution in [2.75, 3.05) is 19.6 Å². The van der Waals surface area contributed by atoms with Gasteiger partial charge in [0.1, 0.15) is 0 Å². The predicted molar refractivity (Wildman–Crippen MR) is 67.7 cm³/mol. The van der Waals surface area contributed by atoms with Crippen molar-refractivity contribution in [3.63, 3.8) is 0 Å². The summed E-state index contributed by atoms with van der Waals surface area (Å²) in [6, 6.07) is 0.592. The lowest BCUT2D eigenvalue weighted by molar-refractivity contribution is -0.141. The number of carbonyl (C=O) groups excluding carboxylic acids is 1. The van der Waals surface area contributed by atoms with Crippen LogP contribution in [0, 0.1) is 11.3 Å². The van der Waals surface area contributed by atoms with Crippen LogP contribution in [0.5, 0.6) is 0 Å². The van der Waals surface area contributed by atoms with Gasteiger partial charge < -0.3 is 10.2 Å². The van der Waals surface area contributed by atoms with E-state index in [0.717, 1.165) is 44.8 Å². The van der Waals surface area contributed by atoms with Crippen LogP contribution < -0.4 is 5.32 Å². The van der Waals surface area contributed by atoms with Crippen molar-refractivity contribution < 1.29 is 4.79 Å². The second-order valence-corrected chi connectivity index (χ2v) is 6.16. The van der Waals surface area contributed by atoms with E-state index in [-0.39, 0.29) is 5.41 Å². The van der Waals surface area contributed by atoms with Gasteiger partial charge in [0.15, 0.2) is 0 Å². The van der Waals surface area contributed by atoms with Crippen molar-refractivity contribution >= 4 is 5.91 Å². The van der Waals surface area contributed by atoms with Gasteiger partial charge >= 0.3 is 0 Å². The molecule has 2 aliphatic heterocycles. The Morgan fingerprint density at radius 1 is 1.35 bits per heavy atom. The van der Waals surface area contributed by atoms with Crippen LogP contribution >= 0.6 is 0 Å². The lowest BCUT2D eigenvalue weighted by atomic mass is 9.82. The molecule has 2 atom stereocenters. The standard InChI is InChI=1S/C14H24N2O/c1-2-14(6-3-4-7-14)13(17)16-9-11-5-8-15-12(11)10-16/h11-12,15H,2-10H2,1H3/t11-,12+/m0/s1. The maximum Gasteiger partial charge on any atom is 0.228 e. The fourth-order valence-electron chi connectivity index (χ4n) is 4.12. The minimum absolute atomic E-state index is 0.0125. The zero-order valence-electron chi connectivity index (χ0n) is 10.9. The van der Waals surface area contributed by atoms with Crippen LogP contribution in [-0.2, 0) is 4.79 Å². The van der Waals surface area contributed by atoms with Gasteiger partial charge in [-0.15, -0.1) is 0 Å². The van der Waals surface area contributed by atoms with E-state index in [1.54, 1.807) is 0 Å². The average molecular weight is 236 g/mol. The third-order valence-electron chi connectivity index (χ3n) is 5.34. The van der Waals surface area contributed by atoms with Crippen LogP contribution in [0.15, 0.2) is 0 Å². The first-order chi connectivity index (χ1) is 8.25. The molecule has 96 valence electrons. The van der Waals surface area contributed by atoms with E-state index in [0.29, 0.717) is 11.9 Å². The van der Waals surface area contributed by atoms with Gasteiger partial charge in [-0.3, -0.25) is 4.79 Å². The van der Waals surface area contributed by atoms with Gasteiger partial charge in [0, 0.05) is 24.5 Å². The largest absolute Gasteiger partial charge is 0.340 e. The molecule has 0 aromatic heterocycles. The molecule has 2 saturated heterocycles. The van der Waals surface area contributed by atoms with Gasteiger partial charge in [-0.25, -0.2) is 0 Å². The summed E-state index contributed by atoms with van der Waals surface area (Å²) >= 11 is 0. The van der Waals surface area contributed by atoms with Crippen molar-refractivity contribution in [3.05, 3.63) is 0 Å². The number of nitrogens with zero attached hydrogens (tertiary/aromatic N) is 1. The Morgan fingerprint density at radius 3 is 2.76 bits per heavy atom. The van der Waals surface area contributed by atoms with Crippen molar-refractivity contribution in [1.82, 2.24) is 10.2 Å². The molecule has 0 radical (unpaired) electrons. The predicted octanol–water partition coefficient (Wildman–Crippen LogP) is 1.78. The van der Waals surface area contributed by atoms with E-state index in [9.17, 15) is 4.79 Å². The minimum Gasteiger partial charge on any atom is -0.340 e. The van der Waals surface area contributed by atoms with Gasteiger partial charge in [-0.2, -0.15) is 0 Å². The molecule has 17 heavy (non-hydrogen) atoms. The summed E-state index contributed by atoms with van der Waals surface area (Å²) in [4.78, 5) is 14.9. The fourth-order valence-corrected chi connectivity index (χ4v) is 4.12. The molecule has 0 bridgehead atoms. The zero-order chi connectivity index (χ0) is 11.9. The van der Waals surface area contributed by atoms with Gasteiger partial charge in [0.05, 0.1) is 0 Å².